The molecule has 25 heavy (non-hydrogen) atoms. The number of nitrogens with one attached hydrogen (secondary N) is 2. The third-order valence-corrected chi connectivity index (χ3v) is 4.74. The third kappa shape index (κ3) is 4.99. The lowest BCUT2D eigenvalue weighted by Crippen LogP contribution is -2.34. The normalized spacial score (nSPS) is 18.2. The van der Waals surface area contributed by atoms with Crippen LogP contribution in [0.4, 0.5) is 5.69 Å². The Labute approximate surface area is 154 Å². The summed E-state index contributed by atoms with van der Waals surface area (Å²) >= 11 is 0. The van der Waals surface area contributed by atoms with Gasteiger partial charge in [0.15, 0.2) is 0 Å². The van der Waals surface area contributed by atoms with E-state index < -0.39 is 0 Å². The highest BCUT2D eigenvalue weighted by molar-refractivity contribution is 5.91. The Morgan fingerprint density at radius 1 is 1.48 bits per heavy atom. The van der Waals surface area contributed by atoms with Crippen molar-refractivity contribution in [2.45, 2.75) is 33.1 Å². The lowest BCUT2D eigenvalue weighted by Gasteiger charge is -2.28. The van der Waals surface area contributed by atoms with E-state index in [1.165, 1.54) is 12.8 Å². The number of amides is 1. The highest BCUT2D eigenvalue weighted by atomic mass is 35.5. The lowest BCUT2D eigenvalue weighted by molar-refractivity contribution is -0.117. The molecule has 0 bridgehead atoms. The van der Waals surface area contributed by atoms with Crippen LogP contribution in [-0.4, -0.2) is 39.2 Å². The molecule has 1 aromatic carbocycles. The standard InChI is InChI=1S/C17H24N6O.ClH/c1-12-5-6-15(9-16(12)23-11-19-21-22-23)20-17(24)8-13(2)14-4-3-7-18-10-14;/h5-6,9,11,13-14,18H,3-4,7-8,10H2,1-2H3,(H,20,24);1H. The fourth-order valence-corrected chi connectivity index (χ4v) is 3.24. The number of rotatable bonds is 5. The summed E-state index contributed by atoms with van der Waals surface area (Å²) in [4.78, 5) is 12.4. The predicted molar refractivity (Wildman–Crippen MR) is 99.1 cm³/mol. The number of benzene rings is 1. The smallest absolute Gasteiger partial charge is 0.224 e. The summed E-state index contributed by atoms with van der Waals surface area (Å²) in [6.07, 6.45) is 4.49. The van der Waals surface area contributed by atoms with E-state index in [0.29, 0.717) is 18.3 Å². The lowest BCUT2D eigenvalue weighted by atomic mass is 9.85. The SMILES string of the molecule is Cc1ccc(NC(=O)CC(C)C2CCCNC2)cc1-n1cnnn1.Cl. The molecule has 0 saturated carbocycles. The summed E-state index contributed by atoms with van der Waals surface area (Å²) in [5, 5.41) is 17.6. The number of tetrazole rings is 1. The largest absolute Gasteiger partial charge is 0.326 e. The van der Waals surface area contributed by atoms with Gasteiger partial charge < -0.3 is 10.6 Å². The molecule has 2 unspecified atom stereocenters. The molecule has 0 spiro atoms. The van der Waals surface area contributed by atoms with Gasteiger partial charge in [0.05, 0.1) is 5.69 Å². The molecule has 1 aliphatic heterocycles. The molecule has 1 saturated heterocycles. The van der Waals surface area contributed by atoms with Crippen LogP contribution in [0.3, 0.4) is 0 Å². The van der Waals surface area contributed by atoms with Crippen LogP contribution in [0, 0.1) is 18.8 Å². The maximum absolute atomic E-state index is 12.4. The first-order chi connectivity index (χ1) is 11.6. The van der Waals surface area contributed by atoms with Crippen LogP contribution in [0.15, 0.2) is 24.5 Å². The van der Waals surface area contributed by atoms with E-state index in [4.69, 9.17) is 0 Å². The number of carbonyl (C=O) groups is 1. The van der Waals surface area contributed by atoms with Gasteiger partial charge in [0.25, 0.3) is 0 Å². The minimum absolute atomic E-state index is 0. The summed E-state index contributed by atoms with van der Waals surface area (Å²) in [5.74, 6) is 1.01. The molecule has 136 valence electrons. The van der Waals surface area contributed by atoms with E-state index in [2.05, 4.69) is 33.1 Å². The molecule has 2 N–H and O–H groups in total. The molecule has 2 heterocycles. The van der Waals surface area contributed by atoms with Crippen LogP contribution in [-0.2, 0) is 4.79 Å². The molecule has 1 aromatic heterocycles. The van der Waals surface area contributed by atoms with Crippen molar-refractivity contribution in [3.8, 4) is 5.69 Å². The van der Waals surface area contributed by atoms with Gasteiger partial charge in [0, 0.05) is 12.1 Å². The first-order valence-electron chi connectivity index (χ1n) is 8.48. The molecule has 8 heteroatoms. The zero-order valence-corrected chi connectivity index (χ0v) is 15.4. The average molecular weight is 365 g/mol. The van der Waals surface area contributed by atoms with Gasteiger partial charge >= 0.3 is 0 Å². The number of halogens is 1. The monoisotopic (exact) mass is 364 g/mol. The van der Waals surface area contributed by atoms with Crippen molar-refractivity contribution in [1.82, 2.24) is 25.5 Å². The van der Waals surface area contributed by atoms with Crippen molar-refractivity contribution in [3.05, 3.63) is 30.1 Å². The Morgan fingerprint density at radius 3 is 3.00 bits per heavy atom. The molecular weight excluding hydrogens is 340 g/mol. The van der Waals surface area contributed by atoms with Gasteiger partial charge in [-0.15, -0.1) is 17.5 Å². The fraction of sp³-hybridized carbons (Fsp3) is 0.529. The van der Waals surface area contributed by atoms with Gasteiger partial charge in [-0.1, -0.05) is 13.0 Å². The first-order valence-corrected chi connectivity index (χ1v) is 8.48. The molecule has 1 amide bonds. The highest BCUT2D eigenvalue weighted by Gasteiger charge is 2.22. The average Bonchev–Trinajstić information content (AvgIpc) is 3.11. The van der Waals surface area contributed by atoms with E-state index in [-0.39, 0.29) is 18.3 Å². The van der Waals surface area contributed by atoms with Crippen molar-refractivity contribution in [2.24, 2.45) is 11.8 Å². The number of piperidine rings is 1. The van der Waals surface area contributed by atoms with Crippen LogP contribution in [0.5, 0.6) is 0 Å². The Kier molecular flexibility index (Phi) is 6.90. The second-order valence-corrected chi connectivity index (χ2v) is 6.59. The second-order valence-electron chi connectivity index (χ2n) is 6.59. The molecule has 2 aromatic rings. The molecule has 0 aliphatic carbocycles. The second kappa shape index (κ2) is 8.92. The Balaban J connectivity index is 0.00000225. The van der Waals surface area contributed by atoms with Gasteiger partial charge in [-0.3, -0.25) is 4.79 Å². The summed E-state index contributed by atoms with van der Waals surface area (Å²) < 4.78 is 1.60. The van der Waals surface area contributed by atoms with Crippen LogP contribution < -0.4 is 10.6 Å². The van der Waals surface area contributed by atoms with Crippen LogP contribution >= 0.6 is 12.4 Å². The van der Waals surface area contributed by atoms with Crippen molar-refractivity contribution in [3.63, 3.8) is 0 Å². The summed E-state index contributed by atoms with van der Waals surface area (Å²) in [6.45, 7) is 6.26. The maximum atomic E-state index is 12.4. The summed E-state index contributed by atoms with van der Waals surface area (Å²) in [7, 11) is 0. The topological polar surface area (TPSA) is 84.7 Å². The zero-order valence-electron chi connectivity index (χ0n) is 14.6. The van der Waals surface area contributed by atoms with E-state index >= 15 is 0 Å². The van der Waals surface area contributed by atoms with Crippen molar-refractivity contribution >= 4 is 24.0 Å². The van der Waals surface area contributed by atoms with E-state index in [1.807, 2.05) is 25.1 Å². The Hall–Kier alpha value is -1.99. The van der Waals surface area contributed by atoms with Gasteiger partial charge in [0.1, 0.15) is 6.33 Å². The van der Waals surface area contributed by atoms with Gasteiger partial charge in [-0.2, -0.15) is 0 Å². The van der Waals surface area contributed by atoms with Gasteiger partial charge in [-0.05, 0) is 72.8 Å². The quantitative estimate of drug-likeness (QED) is 0.850. The third-order valence-electron chi connectivity index (χ3n) is 4.74. The van der Waals surface area contributed by atoms with Crippen LogP contribution in [0.25, 0.3) is 5.69 Å². The fourth-order valence-electron chi connectivity index (χ4n) is 3.24. The summed E-state index contributed by atoms with van der Waals surface area (Å²) in [6, 6.07) is 5.77. The molecule has 7 nitrogen and oxygen atoms in total. The number of aryl methyl sites for hydroxylation is 1. The van der Waals surface area contributed by atoms with Crippen molar-refractivity contribution < 1.29 is 4.79 Å². The van der Waals surface area contributed by atoms with E-state index in [1.54, 1.807) is 11.0 Å². The number of hydrogen-bond donors (Lipinski definition) is 2. The zero-order chi connectivity index (χ0) is 16.9. The molecule has 0 radical (unpaired) electrons. The molecular formula is C17H25ClN6O. The summed E-state index contributed by atoms with van der Waals surface area (Å²) in [5.41, 5.74) is 2.68. The molecule has 1 aliphatic rings. The number of carbonyl (C=O) groups excluding carboxylic acids is 1. The van der Waals surface area contributed by atoms with Crippen molar-refractivity contribution in [2.75, 3.05) is 18.4 Å². The van der Waals surface area contributed by atoms with Crippen molar-refractivity contribution in [1.29, 1.82) is 0 Å². The van der Waals surface area contributed by atoms with E-state index in [0.717, 1.165) is 30.0 Å². The van der Waals surface area contributed by atoms with Gasteiger partial charge in [-0.25, -0.2) is 4.68 Å². The van der Waals surface area contributed by atoms with Crippen LogP contribution in [0.2, 0.25) is 0 Å². The van der Waals surface area contributed by atoms with Crippen LogP contribution in [0.1, 0.15) is 31.7 Å². The maximum Gasteiger partial charge on any atom is 0.224 e. The Morgan fingerprint density at radius 2 is 2.32 bits per heavy atom. The van der Waals surface area contributed by atoms with Gasteiger partial charge in [0.2, 0.25) is 5.91 Å². The number of nitrogens with zero attached hydrogens (tertiary/aromatic N) is 4. The molecule has 1 fully saturated rings. The number of anilines is 1. The predicted octanol–water partition coefficient (Wildman–Crippen LogP) is 2.36. The minimum Gasteiger partial charge on any atom is -0.326 e. The minimum atomic E-state index is 0. The Bertz CT molecular complexity index is 684. The van der Waals surface area contributed by atoms with E-state index in [9.17, 15) is 4.79 Å². The highest BCUT2D eigenvalue weighted by Crippen LogP contribution is 2.24. The molecule has 3 rings (SSSR count). The first kappa shape index (κ1) is 19.3. The number of aromatic nitrogens is 4. The number of hydrogen-bond acceptors (Lipinski definition) is 5. The molecule has 2 atom stereocenters.